The van der Waals surface area contributed by atoms with Crippen LogP contribution in [-0.4, -0.2) is 65.4 Å². The molecular weight excluding hydrogens is 480 g/mol. The molecule has 0 aliphatic carbocycles. The number of nitrogens with zero attached hydrogens (tertiary/aromatic N) is 3. The molecule has 1 N–H and O–H groups in total. The number of rotatable bonds is 4. The summed E-state index contributed by atoms with van der Waals surface area (Å²) in [6.45, 7) is 4.76. The second-order valence-electron chi connectivity index (χ2n) is 9.16. The number of nitrogens with one attached hydrogen (secondary N) is 1. The van der Waals surface area contributed by atoms with Gasteiger partial charge in [-0.05, 0) is 54.1 Å². The molecule has 6 nitrogen and oxygen atoms in total. The predicted molar refractivity (Wildman–Crippen MR) is 141 cm³/mol. The third kappa shape index (κ3) is 5.22. The van der Waals surface area contributed by atoms with Gasteiger partial charge < -0.3 is 15.1 Å². The Morgan fingerprint density at radius 3 is 2.66 bits per heavy atom. The molecule has 8 heteroatoms. The van der Waals surface area contributed by atoms with Gasteiger partial charge in [-0.2, -0.15) is 0 Å². The van der Waals surface area contributed by atoms with E-state index in [-0.39, 0.29) is 24.0 Å². The summed E-state index contributed by atoms with van der Waals surface area (Å²) in [4.78, 5) is 33.6. The maximum atomic E-state index is 13.4. The minimum absolute atomic E-state index is 0.0818. The molecule has 0 spiro atoms. The lowest BCUT2D eigenvalue weighted by molar-refractivity contribution is -0.135. The first-order chi connectivity index (χ1) is 17.0. The van der Waals surface area contributed by atoms with Crippen LogP contribution in [0.4, 0.5) is 10.5 Å². The maximum Gasteiger partial charge on any atom is 0.322 e. The van der Waals surface area contributed by atoms with Crippen LogP contribution >= 0.6 is 22.9 Å². The molecule has 5 rings (SSSR count). The van der Waals surface area contributed by atoms with E-state index in [4.69, 9.17) is 11.6 Å². The summed E-state index contributed by atoms with van der Waals surface area (Å²) >= 11 is 7.84. The quantitative estimate of drug-likeness (QED) is 0.532. The van der Waals surface area contributed by atoms with Crippen molar-refractivity contribution in [3.05, 3.63) is 87.1 Å². The molecule has 1 aromatic heterocycles. The molecular formula is C27H29ClN4O2S. The minimum Gasteiger partial charge on any atom is -0.338 e. The number of carbonyl (C=O) groups excluding carboxylic acids is 2. The Morgan fingerprint density at radius 2 is 1.89 bits per heavy atom. The van der Waals surface area contributed by atoms with Crippen molar-refractivity contribution >= 4 is 40.6 Å². The van der Waals surface area contributed by atoms with Gasteiger partial charge in [0.25, 0.3) is 0 Å². The van der Waals surface area contributed by atoms with Crippen LogP contribution in [0.3, 0.4) is 0 Å². The molecule has 0 radical (unpaired) electrons. The number of benzene rings is 2. The predicted octanol–water partition coefficient (Wildman–Crippen LogP) is 5.11. The zero-order valence-corrected chi connectivity index (χ0v) is 21.3. The molecule has 35 heavy (non-hydrogen) atoms. The van der Waals surface area contributed by atoms with E-state index in [9.17, 15) is 9.59 Å². The van der Waals surface area contributed by atoms with Gasteiger partial charge in [0.15, 0.2) is 0 Å². The van der Waals surface area contributed by atoms with Crippen molar-refractivity contribution in [2.75, 3.05) is 38.0 Å². The third-order valence-electron chi connectivity index (χ3n) is 6.84. The lowest BCUT2D eigenvalue weighted by atomic mass is 9.93. The number of anilines is 1. The summed E-state index contributed by atoms with van der Waals surface area (Å²) in [6.07, 6.45) is 0.970. The van der Waals surface area contributed by atoms with Crippen molar-refractivity contribution in [3.63, 3.8) is 0 Å². The van der Waals surface area contributed by atoms with E-state index in [1.807, 2.05) is 24.0 Å². The topological polar surface area (TPSA) is 55.9 Å². The second kappa shape index (κ2) is 10.4. The molecule has 182 valence electrons. The van der Waals surface area contributed by atoms with Crippen LogP contribution in [0.25, 0.3) is 0 Å². The summed E-state index contributed by atoms with van der Waals surface area (Å²) < 4.78 is 0. The molecule has 2 aliphatic rings. The highest BCUT2D eigenvalue weighted by Gasteiger charge is 2.34. The molecule has 1 fully saturated rings. The number of piperazine rings is 1. The Hall–Kier alpha value is -2.87. The first kappa shape index (κ1) is 23.9. The lowest BCUT2D eigenvalue weighted by Crippen LogP contribution is -2.58. The van der Waals surface area contributed by atoms with Crippen molar-refractivity contribution in [2.24, 2.45) is 0 Å². The standard InChI is InChI=1S/C27H29ClN4O2S/c1-19-17-30(13-14-32(19)27(34)29-22-9-5-8-21(28)16-22)25(33)18-31-12-10-24-23(11-15-35-24)26(31)20-6-3-2-4-7-20/h2-9,11,15-16,19,26H,10,12-14,17-18H2,1H3,(H,29,34)/t19-,26-/m0/s1. The largest absolute Gasteiger partial charge is 0.338 e. The van der Waals surface area contributed by atoms with E-state index < -0.39 is 0 Å². The van der Waals surface area contributed by atoms with Crippen LogP contribution in [0.5, 0.6) is 0 Å². The van der Waals surface area contributed by atoms with Crippen LogP contribution in [0.1, 0.15) is 29.0 Å². The van der Waals surface area contributed by atoms with Crippen LogP contribution in [0.2, 0.25) is 5.02 Å². The molecule has 0 bridgehead atoms. The Kier molecular flexibility index (Phi) is 7.09. The number of fused-ring (bicyclic) bond motifs is 1. The van der Waals surface area contributed by atoms with Gasteiger partial charge in [0.2, 0.25) is 5.91 Å². The average molecular weight is 509 g/mol. The van der Waals surface area contributed by atoms with E-state index >= 15 is 0 Å². The SMILES string of the molecule is C[C@H]1CN(C(=O)CN2CCc3sccc3[C@@H]2c2ccccc2)CCN1C(=O)Nc1cccc(Cl)c1. The van der Waals surface area contributed by atoms with Gasteiger partial charge in [-0.25, -0.2) is 4.79 Å². The van der Waals surface area contributed by atoms with Gasteiger partial charge in [0, 0.05) is 47.8 Å². The average Bonchev–Trinajstić information content (AvgIpc) is 3.33. The number of hydrogen-bond donors (Lipinski definition) is 1. The van der Waals surface area contributed by atoms with E-state index in [1.165, 1.54) is 16.0 Å². The van der Waals surface area contributed by atoms with Gasteiger partial charge >= 0.3 is 6.03 Å². The van der Waals surface area contributed by atoms with Crippen molar-refractivity contribution in [2.45, 2.75) is 25.4 Å². The highest BCUT2D eigenvalue weighted by atomic mass is 35.5. The van der Waals surface area contributed by atoms with Crippen LogP contribution in [0.15, 0.2) is 66.0 Å². The fourth-order valence-corrected chi connectivity index (χ4v) is 6.18. The fraction of sp³-hybridized carbons (Fsp3) is 0.333. The zero-order valence-electron chi connectivity index (χ0n) is 19.7. The maximum absolute atomic E-state index is 13.4. The van der Waals surface area contributed by atoms with E-state index in [0.29, 0.717) is 36.9 Å². The van der Waals surface area contributed by atoms with Crippen molar-refractivity contribution in [1.29, 1.82) is 0 Å². The highest BCUT2D eigenvalue weighted by Crippen LogP contribution is 2.37. The summed E-state index contributed by atoms with van der Waals surface area (Å²) in [5, 5.41) is 5.65. The molecule has 3 heterocycles. The molecule has 2 aliphatic heterocycles. The number of hydrogen-bond acceptors (Lipinski definition) is 4. The van der Waals surface area contributed by atoms with Crippen molar-refractivity contribution in [1.82, 2.24) is 14.7 Å². The molecule has 0 unspecified atom stereocenters. The normalized spacial score (nSPS) is 20.4. The zero-order chi connectivity index (χ0) is 24.4. The first-order valence-corrected chi connectivity index (χ1v) is 13.2. The molecule has 3 aromatic rings. The number of halogens is 1. The Balaban J connectivity index is 1.23. The summed E-state index contributed by atoms with van der Waals surface area (Å²) in [7, 11) is 0. The molecule has 2 atom stereocenters. The van der Waals surface area contributed by atoms with E-state index in [2.05, 4.69) is 45.9 Å². The lowest BCUT2D eigenvalue weighted by Gasteiger charge is -2.41. The van der Waals surface area contributed by atoms with Crippen LogP contribution < -0.4 is 5.32 Å². The smallest absolute Gasteiger partial charge is 0.322 e. The van der Waals surface area contributed by atoms with Gasteiger partial charge in [-0.15, -0.1) is 11.3 Å². The van der Waals surface area contributed by atoms with Gasteiger partial charge in [0.05, 0.1) is 12.6 Å². The first-order valence-electron chi connectivity index (χ1n) is 12.0. The van der Waals surface area contributed by atoms with Gasteiger partial charge in [-0.3, -0.25) is 9.69 Å². The van der Waals surface area contributed by atoms with Gasteiger partial charge in [0.1, 0.15) is 0 Å². The van der Waals surface area contributed by atoms with Gasteiger partial charge in [-0.1, -0.05) is 48.0 Å². The molecule has 0 saturated carbocycles. The number of urea groups is 1. The molecule has 3 amide bonds. The summed E-state index contributed by atoms with van der Waals surface area (Å²) in [5.41, 5.74) is 3.20. The second-order valence-corrected chi connectivity index (χ2v) is 10.6. The summed E-state index contributed by atoms with van der Waals surface area (Å²) in [5.74, 6) is 0.117. The van der Waals surface area contributed by atoms with E-state index in [1.54, 1.807) is 34.4 Å². The van der Waals surface area contributed by atoms with Crippen molar-refractivity contribution in [3.8, 4) is 0 Å². The minimum atomic E-state index is -0.169. The van der Waals surface area contributed by atoms with Crippen LogP contribution in [0, 0.1) is 0 Å². The molecule has 2 aromatic carbocycles. The molecule has 1 saturated heterocycles. The Bertz CT molecular complexity index is 1200. The van der Waals surface area contributed by atoms with Crippen LogP contribution in [-0.2, 0) is 11.2 Å². The Morgan fingerprint density at radius 1 is 1.06 bits per heavy atom. The summed E-state index contributed by atoms with van der Waals surface area (Å²) in [6, 6.07) is 19.6. The highest BCUT2D eigenvalue weighted by molar-refractivity contribution is 7.10. The monoisotopic (exact) mass is 508 g/mol. The third-order valence-corrected chi connectivity index (χ3v) is 8.07. The fourth-order valence-electron chi connectivity index (χ4n) is 5.09. The number of carbonyl (C=O) groups is 2. The number of thiophene rings is 1. The Labute approximate surface area is 215 Å². The van der Waals surface area contributed by atoms with Crippen molar-refractivity contribution < 1.29 is 9.59 Å². The van der Waals surface area contributed by atoms with E-state index in [0.717, 1.165) is 13.0 Å². The number of amides is 3.